The number of aliphatic hydroxyl groups excluding tert-OH is 1. The van der Waals surface area contributed by atoms with Crippen LogP contribution in [-0.4, -0.2) is 28.7 Å². The topological polar surface area (TPSA) is 75.4 Å². The number of Topliss-reactive ketones (excluding diaryl/α,β-unsaturated/α-hetero) is 1. The van der Waals surface area contributed by atoms with Gasteiger partial charge in [-0.1, -0.05) is 30.5 Å². The standard InChI is InChI=1S/C24H28F4N2O3/c25-20-12-16(6-7-19(20)24(26,27)28)23-18(13-29-9-8-14-4-5-14)22(30-33-23)21(32)11-15-2-1-3-17(31)10-15/h6-7,12,14-15,17,29,31H,1-5,8-11,13H2/t15-,17+/m1/s1. The van der Waals surface area contributed by atoms with Gasteiger partial charge in [0.1, 0.15) is 5.82 Å². The molecule has 2 saturated carbocycles. The van der Waals surface area contributed by atoms with E-state index in [1.807, 2.05) is 0 Å². The lowest BCUT2D eigenvalue weighted by Crippen LogP contribution is -2.23. The maximum atomic E-state index is 14.2. The molecule has 2 fully saturated rings. The number of ketones is 1. The van der Waals surface area contributed by atoms with Gasteiger partial charge in [-0.15, -0.1) is 0 Å². The Kier molecular flexibility index (Phi) is 7.19. The Morgan fingerprint density at radius 2 is 1.97 bits per heavy atom. The normalized spacial score (nSPS) is 21.4. The molecule has 180 valence electrons. The van der Waals surface area contributed by atoms with Crippen LogP contribution in [0.4, 0.5) is 17.6 Å². The van der Waals surface area contributed by atoms with Crippen LogP contribution in [-0.2, 0) is 12.7 Å². The predicted molar refractivity (Wildman–Crippen MR) is 113 cm³/mol. The minimum Gasteiger partial charge on any atom is -0.393 e. The number of hydrogen-bond acceptors (Lipinski definition) is 5. The predicted octanol–water partition coefficient (Wildman–Crippen LogP) is 5.51. The molecule has 0 bridgehead atoms. The van der Waals surface area contributed by atoms with Gasteiger partial charge in [-0.25, -0.2) is 4.39 Å². The van der Waals surface area contributed by atoms with Crippen LogP contribution >= 0.6 is 0 Å². The Morgan fingerprint density at radius 3 is 2.64 bits per heavy atom. The van der Waals surface area contributed by atoms with Gasteiger partial charge in [-0.2, -0.15) is 13.2 Å². The molecule has 2 aliphatic rings. The number of halogens is 4. The van der Waals surface area contributed by atoms with Gasteiger partial charge in [-0.05, 0) is 56.2 Å². The van der Waals surface area contributed by atoms with Crippen LogP contribution in [0.3, 0.4) is 0 Å². The number of hydrogen-bond donors (Lipinski definition) is 2. The number of carbonyl (C=O) groups excluding carboxylic acids is 1. The lowest BCUT2D eigenvalue weighted by Gasteiger charge is -2.24. The highest BCUT2D eigenvalue weighted by Crippen LogP contribution is 2.36. The molecule has 0 unspecified atom stereocenters. The molecular weight excluding hydrogens is 440 g/mol. The summed E-state index contributed by atoms with van der Waals surface area (Å²) in [5.74, 6) is -0.806. The van der Waals surface area contributed by atoms with Gasteiger partial charge in [0.2, 0.25) is 0 Å². The molecule has 1 aromatic carbocycles. The third-order valence-corrected chi connectivity index (χ3v) is 6.55. The minimum absolute atomic E-state index is 0.0422. The number of aliphatic hydroxyl groups is 1. The van der Waals surface area contributed by atoms with E-state index in [0.29, 0.717) is 24.0 Å². The van der Waals surface area contributed by atoms with Crippen molar-refractivity contribution in [2.24, 2.45) is 11.8 Å². The summed E-state index contributed by atoms with van der Waals surface area (Å²) >= 11 is 0. The Hall–Kier alpha value is -2.26. The number of aromatic nitrogens is 1. The second-order valence-electron chi connectivity index (χ2n) is 9.25. The van der Waals surface area contributed by atoms with Crippen molar-refractivity contribution in [3.8, 4) is 11.3 Å². The Labute approximate surface area is 189 Å². The van der Waals surface area contributed by atoms with E-state index in [1.165, 1.54) is 12.8 Å². The Balaban J connectivity index is 1.57. The zero-order valence-corrected chi connectivity index (χ0v) is 18.3. The molecule has 0 aliphatic heterocycles. The summed E-state index contributed by atoms with van der Waals surface area (Å²) in [6.07, 6.45) is 1.38. The molecule has 0 spiro atoms. The monoisotopic (exact) mass is 468 g/mol. The number of alkyl halides is 3. The van der Waals surface area contributed by atoms with E-state index in [-0.39, 0.29) is 41.7 Å². The molecule has 0 saturated heterocycles. The van der Waals surface area contributed by atoms with Crippen LogP contribution in [0.25, 0.3) is 11.3 Å². The molecule has 0 radical (unpaired) electrons. The number of benzene rings is 1. The van der Waals surface area contributed by atoms with Crippen molar-refractivity contribution in [3.63, 3.8) is 0 Å². The fourth-order valence-electron chi connectivity index (χ4n) is 4.54. The van der Waals surface area contributed by atoms with Crippen molar-refractivity contribution < 1.29 is 32.0 Å². The van der Waals surface area contributed by atoms with Gasteiger partial charge in [0.15, 0.2) is 17.2 Å². The van der Waals surface area contributed by atoms with E-state index < -0.39 is 23.7 Å². The van der Waals surface area contributed by atoms with Crippen LogP contribution in [0.2, 0.25) is 0 Å². The van der Waals surface area contributed by atoms with Crippen molar-refractivity contribution in [2.75, 3.05) is 6.54 Å². The van der Waals surface area contributed by atoms with E-state index >= 15 is 0 Å². The third-order valence-electron chi connectivity index (χ3n) is 6.55. The average Bonchev–Trinajstić information content (AvgIpc) is 3.47. The van der Waals surface area contributed by atoms with E-state index in [9.17, 15) is 27.5 Å². The highest BCUT2D eigenvalue weighted by molar-refractivity contribution is 5.97. The smallest absolute Gasteiger partial charge is 0.393 e. The molecule has 4 rings (SSSR count). The van der Waals surface area contributed by atoms with Crippen molar-refractivity contribution >= 4 is 5.78 Å². The van der Waals surface area contributed by atoms with Crippen molar-refractivity contribution in [1.29, 1.82) is 0 Å². The van der Waals surface area contributed by atoms with E-state index in [1.54, 1.807) is 0 Å². The summed E-state index contributed by atoms with van der Waals surface area (Å²) in [4.78, 5) is 13.0. The Morgan fingerprint density at radius 1 is 1.18 bits per heavy atom. The molecule has 2 atom stereocenters. The SMILES string of the molecule is O=C(C[C@@H]1CCC[C@H](O)C1)c1noc(-c2ccc(C(F)(F)F)c(F)c2)c1CNCCC1CC1. The number of nitrogens with zero attached hydrogens (tertiary/aromatic N) is 1. The first kappa shape index (κ1) is 23.9. The first-order chi connectivity index (χ1) is 15.7. The van der Waals surface area contributed by atoms with Crippen LogP contribution in [0, 0.1) is 17.7 Å². The van der Waals surface area contributed by atoms with Crippen LogP contribution in [0.15, 0.2) is 22.7 Å². The molecule has 9 heteroatoms. The molecule has 1 aromatic heterocycles. The fraction of sp³-hybridized carbons (Fsp3) is 0.583. The molecule has 0 amide bonds. The highest BCUT2D eigenvalue weighted by atomic mass is 19.4. The van der Waals surface area contributed by atoms with Crippen LogP contribution < -0.4 is 5.32 Å². The van der Waals surface area contributed by atoms with Crippen LogP contribution in [0.1, 0.15) is 73.0 Å². The van der Waals surface area contributed by atoms with Crippen molar-refractivity contribution in [1.82, 2.24) is 10.5 Å². The molecular formula is C24H28F4N2O3. The average molecular weight is 468 g/mol. The van der Waals surface area contributed by atoms with E-state index in [0.717, 1.165) is 44.4 Å². The lowest BCUT2D eigenvalue weighted by molar-refractivity contribution is -0.139. The number of rotatable bonds is 9. The first-order valence-electron chi connectivity index (χ1n) is 11.5. The van der Waals surface area contributed by atoms with Crippen molar-refractivity contribution in [3.05, 3.63) is 40.8 Å². The summed E-state index contributed by atoms with van der Waals surface area (Å²) in [5, 5.41) is 17.1. The molecule has 2 aromatic rings. The maximum absolute atomic E-state index is 14.2. The molecule has 2 N–H and O–H groups in total. The summed E-state index contributed by atoms with van der Waals surface area (Å²) in [5.41, 5.74) is -0.725. The van der Waals surface area contributed by atoms with Gasteiger partial charge in [-0.3, -0.25) is 4.79 Å². The second kappa shape index (κ2) is 9.93. The summed E-state index contributed by atoms with van der Waals surface area (Å²) in [6.45, 7) is 0.960. The second-order valence-corrected chi connectivity index (χ2v) is 9.25. The van der Waals surface area contributed by atoms with Gasteiger partial charge >= 0.3 is 6.18 Å². The van der Waals surface area contributed by atoms with Gasteiger partial charge in [0.25, 0.3) is 0 Å². The summed E-state index contributed by atoms with van der Waals surface area (Å²) in [7, 11) is 0. The molecule has 33 heavy (non-hydrogen) atoms. The van der Waals surface area contributed by atoms with E-state index in [4.69, 9.17) is 4.52 Å². The Bertz CT molecular complexity index is 985. The van der Waals surface area contributed by atoms with Gasteiger partial charge in [0, 0.05) is 24.1 Å². The largest absolute Gasteiger partial charge is 0.419 e. The van der Waals surface area contributed by atoms with Gasteiger partial charge < -0.3 is 14.9 Å². The molecule has 1 heterocycles. The lowest BCUT2D eigenvalue weighted by atomic mass is 9.83. The summed E-state index contributed by atoms with van der Waals surface area (Å²) < 4.78 is 58.4. The zero-order chi connectivity index (χ0) is 23.6. The molecule has 2 aliphatic carbocycles. The highest BCUT2D eigenvalue weighted by Gasteiger charge is 2.35. The number of carbonyl (C=O) groups is 1. The summed E-state index contributed by atoms with van der Waals surface area (Å²) in [6, 6.07) is 2.57. The quantitative estimate of drug-likeness (QED) is 0.288. The van der Waals surface area contributed by atoms with Crippen LogP contribution in [0.5, 0.6) is 0 Å². The zero-order valence-electron chi connectivity index (χ0n) is 18.3. The maximum Gasteiger partial charge on any atom is 0.419 e. The first-order valence-corrected chi connectivity index (χ1v) is 11.5. The fourth-order valence-corrected chi connectivity index (χ4v) is 4.54. The number of nitrogens with one attached hydrogen (secondary N) is 1. The van der Waals surface area contributed by atoms with Crippen molar-refractivity contribution in [2.45, 2.75) is 70.2 Å². The minimum atomic E-state index is -4.80. The third kappa shape index (κ3) is 6.00. The molecule has 5 nitrogen and oxygen atoms in total. The van der Waals surface area contributed by atoms with E-state index in [2.05, 4.69) is 10.5 Å². The van der Waals surface area contributed by atoms with Gasteiger partial charge in [0.05, 0.1) is 11.7 Å².